The predicted molar refractivity (Wildman–Crippen MR) is 153 cm³/mol. The molecule has 9 heteroatoms. The van der Waals surface area contributed by atoms with Crippen LogP contribution >= 0.6 is 11.6 Å². The number of aliphatic hydroxyl groups excluding tert-OH is 1. The maximum Gasteiger partial charge on any atom is 0.338 e. The minimum Gasteiger partial charge on any atom is -0.503 e. The number of carbonyl (C=O) groups is 3. The summed E-state index contributed by atoms with van der Waals surface area (Å²) in [5.74, 6) is -2.11. The summed E-state index contributed by atoms with van der Waals surface area (Å²) in [5, 5.41) is 12.0. The smallest absolute Gasteiger partial charge is 0.338 e. The summed E-state index contributed by atoms with van der Waals surface area (Å²) in [5.41, 5.74) is 2.90. The van der Waals surface area contributed by atoms with E-state index in [0.29, 0.717) is 51.5 Å². The minimum atomic E-state index is -0.886. The van der Waals surface area contributed by atoms with E-state index >= 15 is 0 Å². The third kappa shape index (κ3) is 5.43. The Labute approximate surface area is 241 Å². The molecule has 0 radical (unpaired) electrons. The molecule has 3 aromatic carbocycles. The Balaban J connectivity index is 1.52. The van der Waals surface area contributed by atoms with Crippen molar-refractivity contribution >= 4 is 40.2 Å². The van der Waals surface area contributed by atoms with Crippen molar-refractivity contribution in [2.45, 2.75) is 32.9 Å². The number of ether oxygens (including phenoxy) is 2. The van der Waals surface area contributed by atoms with Gasteiger partial charge in [0, 0.05) is 23.0 Å². The van der Waals surface area contributed by atoms with Gasteiger partial charge in [-0.3, -0.25) is 9.59 Å². The Bertz CT molecular complexity index is 1690. The van der Waals surface area contributed by atoms with Crippen LogP contribution in [-0.4, -0.2) is 41.4 Å². The van der Waals surface area contributed by atoms with Crippen LogP contribution in [0.25, 0.3) is 11.0 Å². The van der Waals surface area contributed by atoms with E-state index in [0.717, 1.165) is 5.56 Å². The molecule has 1 aliphatic heterocycles. The SMILES string of the molecule is CCCOC(=O)c1ccc(CN2C(=O)C(O)=C(C(=O)c3cc4cc(Cl)cc(OC)c4o3)C2c2cccc(C)c2)cc1. The Morgan fingerprint density at radius 2 is 1.83 bits per heavy atom. The molecular weight excluding hydrogens is 546 g/mol. The molecule has 41 heavy (non-hydrogen) atoms. The number of halogens is 1. The lowest BCUT2D eigenvalue weighted by Gasteiger charge is -2.27. The lowest BCUT2D eigenvalue weighted by atomic mass is 9.94. The summed E-state index contributed by atoms with van der Waals surface area (Å²) in [7, 11) is 1.46. The van der Waals surface area contributed by atoms with Crippen molar-refractivity contribution in [2.24, 2.45) is 0 Å². The van der Waals surface area contributed by atoms with E-state index in [2.05, 4.69) is 0 Å². The lowest BCUT2D eigenvalue weighted by molar-refractivity contribution is -0.130. The summed E-state index contributed by atoms with van der Waals surface area (Å²) in [4.78, 5) is 41.0. The number of Topliss-reactive ketones (excluding diaryl/α,β-unsaturated/α-hetero) is 1. The van der Waals surface area contributed by atoms with E-state index in [1.165, 1.54) is 18.1 Å². The molecule has 2 heterocycles. The van der Waals surface area contributed by atoms with Crippen LogP contribution in [0.2, 0.25) is 5.02 Å². The van der Waals surface area contributed by atoms with E-state index in [9.17, 15) is 19.5 Å². The van der Waals surface area contributed by atoms with Crippen molar-refractivity contribution in [3.05, 3.63) is 111 Å². The largest absolute Gasteiger partial charge is 0.503 e. The van der Waals surface area contributed by atoms with Crippen LogP contribution in [0, 0.1) is 6.92 Å². The van der Waals surface area contributed by atoms with Crippen LogP contribution in [0.15, 0.2) is 82.5 Å². The molecule has 4 aromatic rings. The quantitative estimate of drug-likeness (QED) is 0.174. The average Bonchev–Trinajstić information content (AvgIpc) is 3.50. The molecule has 1 amide bonds. The fourth-order valence-corrected chi connectivity index (χ4v) is 5.16. The zero-order chi connectivity index (χ0) is 29.3. The number of hydrogen-bond acceptors (Lipinski definition) is 7. The molecule has 1 N–H and O–H groups in total. The Morgan fingerprint density at radius 1 is 1.07 bits per heavy atom. The second-order valence-electron chi connectivity index (χ2n) is 9.81. The van der Waals surface area contributed by atoms with Gasteiger partial charge in [0.15, 0.2) is 22.9 Å². The average molecular weight is 574 g/mol. The molecule has 5 rings (SSSR count). The van der Waals surface area contributed by atoms with Crippen molar-refractivity contribution < 1.29 is 33.4 Å². The van der Waals surface area contributed by atoms with Crippen molar-refractivity contribution in [1.82, 2.24) is 4.90 Å². The summed E-state index contributed by atoms with van der Waals surface area (Å²) in [6, 6.07) is 17.9. The highest BCUT2D eigenvalue weighted by molar-refractivity contribution is 6.31. The molecule has 8 nitrogen and oxygen atoms in total. The van der Waals surface area contributed by atoms with E-state index in [4.69, 9.17) is 25.5 Å². The van der Waals surface area contributed by atoms with Gasteiger partial charge in [-0.05, 0) is 48.7 Å². The molecule has 0 saturated carbocycles. The van der Waals surface area contributed by atoms with Gasteiger partial charge in [0.1, 0.15) is 0 Å². The number of aryl methyl sites for hydroxylation is 1. The molecule has 0 bridgehead atoms. The van der Waals surface area contributed by atoms with Gasteiger partial charge in [0.2, 0.25) is 5.78 Å². The number of fused-ring (bicyclic) bond motifs is 1. The second kappa shape index (κ2) is 11.5. The number of rotatable bonds is 9. The minimum absolute atomic E-state index is 0.0654. The van der Waals surface area contributed by atoms with Gasteiger partial charge in [-0.2, -0.15) is 0 Å². The van der Waals surface area contributed by atoms with Gasteiger partial charge < -0.3 is 23.9 Å². The van der Waals surface area contributed by atoms with Crippen LogP contribution in [0.1, 0.15) is 57.0 Å². The normalized spacial score (nSPS) is 15.1. The number of esters is 1. The van der Waals surface area contributed by atoms with Crippen LogP contribution in [0.3, 0.4) is 0 Å². The number of furan rings is 1. The Kier molecular flexibility index (Phi) is 7.85. The van der Waals surface area contributed by atoms with Gasteiger partial charge in [-0.15, -0.1) is 0 Å². The first kappa shape index (κ1) is 28.0. The molecule has 0 aliphatic carbocycles. The Morgan fingerprint density at radius 3 is 2.51 bits per heavy atom. The third-order valence-corrected chi connectivity index (χ3v) is 7.09. The first-order valence-electron chi connectivity index (χ1n) is 13.1. The number of carbonyl (C=O) groups excluding carboxylic acids is 3. The van der Waals surface area contributed by atoms with Crippen molar-refractivity contribution in [3.8, 4) is 5.75 Å². The number of methoxy groups -OCH3 is 1. The van der Waals surface area contributed by atoms with Crippen LogP contribution in [0.4, 0.5) is 0 Å². The molecule has 0 saturated heterocycles. The number of benzene rings is 3. The Hall–Kier alpha value is -4.56. The zero-order valence-electron chi connectivity index (χ0n) is 22.8. The molecule has 0 spiro atoms. The van der Waals surface area contributed by atoms with E-state index < -0.39 is 29.5 Å². The summed E-state index contributed by atoms with van der Waals surface area (Å²) in [6.45, 7) is 4.22. The number of aliphatic hydroxyl groups is 1. The highest BCUT2D eigenvalue weighted by atomic mass is 35.5. The molecule has 1 aliphatic rings. The number of ketones is 1. The van der Waals surface area contributed by atoms with Crippen molar-refractivity contribution in [3.63, 3.8) is 0 Å². The first-order valence-corrected chi connectivity index (χ1v) is 13.5. The molecule has 1 aromatic heterocycles. The topological polar surface area (TPSA) is 106 Å². The number of nitrogens with zero attached hydrogens (tertiary/aromatic N) is 1. The van der Waals surface area contributed by atoms with Gasteiger partial charge in [0.25, 0.3) is 5.91 Å². The molecule has 210 valence electrons. The molecule has 1 atom stereocenters. The lowest BCUT2D eigenvalue weighted by Crippen LogP contribution is -2.30. The maximum absolute atomic E-state index is 13.9. The highest BCUT2D eigenvalue weighted by Gasteiger charge is 2.44. The first-order chi connectivity index (χ1) is 19.7. The summed E-state index contributed by atoms with van der Waals surface area (Å²) < 4.78 is 16.4. The van der Waals surface area contributed by atoms with Crippen molar-refractivity contribution in [2.75, 3.05) is 13.7 Å². The van der Waals surface area contributed by atoms with Gasteiger partial charge in [-0.25, -0.2) is 4.79 Å². The van der Waals surface area contributed by atoms with Crippen LogP contribution in [0.5, 0.6) is 5.75 Å². The van der Waals surface area contributed by atoms with E-state index in [1.54, 1.807) is 42.5 Å². The fraction of sp³-hybridized carbons (Fsp3) is 0.219. The maximum atomic E-state index is 13.9. The van der Waals surface area contributed by atoms with E-state index in [-0.39, 0.29) is 17.9 Å². The predicted octanol–water partition coefficient (Wildman–Crippen LogP) is 6.75. The molecular formula is C32H28ClNO7. The zero-order valence-corrected chi connectivity index (χ0v) is 23.5. The third-order valence-electron chi connectivity index (χ3n) is 6.88. The van der Waals surface area contributed by atoms with Crippen LogP contribution in [-0.2, 0) is 16.1 Å². The van der Waals surface area contributed by atoms with Gasteiger partial charge in [0.05, 0.1) is 30.9 Å². The number of amides is 1. The molecule has 0 fully saturated rings. The van der Waals surface area contributed by atoms with Crippen molar-refractivity contribution in [1.29, 1.82) is 0 Å². The summed E-state index contributed by atoms with van der Waals surface area (Å²) in [6.07, 6.45) is 0.716. The molecule has 1 unspecified atom stereocenters. The summed E-state index contributed by atoms with van der Waals surface area (Å²) >= 11 is 6.19. The monoisotopic (exact) mass is 573 g/mol. The second-order valence-corrected chi connectivity index (χ2v) is 10.2. The fourth-order valence-electron chi connectivity index (χ4n) is 4.94. The number of hydrogen-bond donors (Lipinski definition) is 1. The standard InChI is InChI=1S/C32H28ClNO7/c1-4-12-40-32(38)20-10-8-19(9-11-20)17-34-27(21-7-5-6-18(2)13-21)26(29(36)31(34)37)28(35)24-15-22-14-23(33)16-25(39-3)30(22)41-24/h5-11,13-16,27,36H,4,12,17H2,1-3H3. The van der Waals surface area contributed by atoms with Crippen LogP contribution < -0.4 is 4.74 Å². The highest BCUT2D eigenvalue weighted by Crippen LogP contribution is 2.41. The van der Waals surface area contributed by atoms with Gasteiger partial charge in [-0.1, -0.05) is 60.5 Å². The van der Waals surface area contributed by atoms with Gasteiger partial charge >= 0.3 is 5.97 Å². The van der Waals surface area contributed by atoms with E-state index in [1.807, 2.05) is 32.0 Å².